The van der Waals surface area contributed by atoms with Crippen LogP contribution in [0.1, 0.15) is 26.2 Å². The fraction of sp³-hybridized carbons (Fsp3) is 0.857. The molecule has 3 heteroatoms. The molecule has 0 aliphatic carbocycles. The van der Waals surface area contributed by atoms with Crippen LogP contribution in [0, 0.1) is 17.8 Å². The molecule has 0 bridgehead atoms. The van der Waals surface area contributed by atoms with Crippen molar-refractivity contribution >= 4 is 0 Å². The van der Waals surface area contributed by atoms with E-state index in [9.17, 15) is 0 Å². The van der Waals surface area contributed by atoms with Crippen molar-refractivity contribution in [1.29, 1.82) is 0 Å². The lowest BCUT2D eigenvalue weighted by atomic mass is 9.97. The van der Waals surface area contributed by atoms with Crippen molar-refractivity contribution in [2.75, 3.05) is 46.4 Å². The Hall–Kier alpha value is -0.560. The van der Waals surface area contributed by atoms with Crippen molar-refractivity contribution in [2.24, 2.45) is 5.92 Å². The van der Waals surface area contributed by atoms with Crippen molar-refractivity contribution in [3.63, 3.8) is 0 Å². The Balaban J connectivity index is 2.02. The summed E-state index contributed by atoms with van der Waals surface area (Å²) in [6, 6.07) is 0. The van der Waals surface area contributed by atoms with Crippen molar-refractivity contribution in [2.45, 2.75) is 26.2 Å². The van der Waals surface area contributed by atoms with Crippen molar-refractivity contribution < 1.29 is 4.74 Å². The Morgan fingerprint density at radius 1 is 1.35 bits per heavy atom. The Morgan fingerprint density at radius 3 is 2.76 bits per heavy atom. The predicted octanol–water partition coefficient (Wildman–Crippen LogP) is 1.35. The maximum absolute atomic E-state index is 5.02. The molecule has 1 rings (SSSR count). The molecule has 3 nitrogen and oxygen atoms in total. The quantitative estimate of drug-likeness (QED) is 0.535. The SMILES string of the molecule is CC#CCCN1CCC(CNCCOC)CC1. The van der Waals surface area contributed by atoms with Crippen molar-refractivity contribution in [1.82, 2.24) is 10.2 Å². The fourth-order valence-electron chi connectivity index (χ4n) is 2.23. The van der Waals surface area contributed by atoms with Gasteiger partial charge in [0, 0.05) is 26.6 Å². The molecule has 1 saturated heterocycles. The number of rotatable bonds is 7. The summed E-state index contributed by atoms with van der Waals surface area (Å²) in [6.07, 6.45) is 3.66. The third kappa shape index (κ3) is 6.68. The van der Waals surface area contributed by atoms with Crippen molar-refractivity contribution in [3.8, 4) is 11.8 Å². The number of hydrogen-bond donors (Lipinski definition) is 1. The summed E-state index contributed by atoms with van der Waals surface area (Å²) < 4.78 is 5.02. The van der Waals surface area contributed by atoms with E-state index in [4.69, 9.17) is 4.74 Å². The van der Waals surface area contributed by atoms with Crippen LogP contribution in [0.4, 0.5) is 0 Å². The van der Waals surface area contributed by atoms with Gasteiger partial charge in [-0.2, -0.15) is 0 Å². The molecule has 1 aliphatic rings. The summed E-state index contributed by atoms with van der Waals surface area (Å²) in [6.45, 7) is 8.47. The highest BCUT2D eigenvalue weighted by Gasteiger charge is 2.17. The Bertz CT molecular complexity index is 236. The molecule has 1 N–H and O–H groups in total. The lowest BCUT2D eigenvalue weighted by Crippen LogP contribution is -2.38. The first-order chi connectivity index (χ1) is 8.36. The Morgan fingerprint density at radius 2 is 2.12 bits per heavy atom. The van der Waals surface area contributed by atoms with E-state index in [2.05, 4.69) is 22.1 Å². The van der Waals surface area contributed by atoms with Crippen LogP contribution in [-0.4, -0.2) is 51.3 Å². The van der Waals surface area contributed by atoms with Crippen LogP contribution in [0.5, 0.6) is 0 Å². The standard InChI is InChI=1S/C14H26N2O/c1-3-4-5-9-16-10-6-14(7-11-16)13-15-8-12-17-2/h14-15H,5-13H2,1-2H3. The van der Waals surface area contributed by atoms with E-state index in [-0.39, 0.29) is 0 Å². The molecule has 0 aromatic rings. The van der Waals surface area contributed by atoms with E-state index in [1.54, 1.807) is 7.11 Å². The topological polar surface area (TPSA) is 24.5 Å². The minimum atomic E-state index is 0.814. The zero-order chi connectivity index (χ0) is 12.3. The fourth-order valence-corrected chi connectivity index (χ4v) is 2.23. The third-order valence-electron chi connectivity index (χ3n) is 3.35. The smallest absolute Gasteiger partial charge is 0.0587 e. The number of nitrogens with zero attached hydrogens (tertiary/aromatic N) is 1. The average molecular weight is 238 g/mol. The average Bonchev–Trinajstić information content (AvgIpc) is 2.37. The third-order valence-corrected chi connectivity index (χ3v) is 3.35. The predicted molar refractivity (Wildman–Crippen MR) is 72.0 cm³/mol. The zero-order valence-electron chi connectivity index (χ0n) is 11.3. The normalized spacial score (nSPS) is 17.8. The minimum absolute atomic E-state index is 0.814. The minimum Gasteiger partial charge on any atom is -0.383 e. The summed E-state index contributed by atoms with van der Waals surface area (Å²) in [5.41, 5.74) is 0. The largest absolute Gasteiger partial charge is 0.383 e. The van der Waals surface area contributed by atoms with Gasteiger partial charge in [-0.15, -0.1) is 11.8 Å². The highest BCUT2D eigenvalue weighted by atomic mass is 16.5. The van der Waals surface area contributed by atoms with Gasteiger partial charge in [0.1, 0.15) is 0 Å². The van der Waals surface area contributed by atoms with E-state index < -0.39 is 0 Å². The van der Waals surface area contributed by atoms with Crippen LogP contribution in [-0.2, 0) is 4.74 Å². The summed E-state index contributed by atoms with van der Waals surface area (Å²) in [4.78, 5) is 2.54. The summed E-state index contributed by atoms with van der Waals surface area (Å²) in [5.74, 6) is 6.94. The Kier molecular flexibility index (Phi) is 8.08. The molecule has 0 aromatic heterocycles. The number of methoxy groups -OCH3 is 1. The van der Waals surface area contributed by atoms with E-state index >= 15 is 0 Å². The lowest BCUT2D eigenvalue weighted by molar-refractivity contribution is 0.175. The van der Waals surface area contributed by atoms with Gasteiger partial charge in [-0.3, -0.25) is 0 Å². The zero-order valence-corrected chi connectivity index (χ0v) is 11.3. The second kappa shape index (κ2) is 9.47. The molecule has 1 fully saturated rings. The number of piperidine rings is 1. The van der Waals surface area contributed by atoms with Crippen molar-refractivity contribution in [3.05, 3.63) is 0 Å². The van der Waals surface area contributed by atoms with E-state index in [0.29, 0.717) is 0 Å². The Labute approximate surface area is 106 Å². The van der Waals surface area contributed by atoms with E-state index in [0.717, 1.165) is 38.6 Å². The maximum atomic E-state index is 5.02. The second-order valence-electron chi connectivity index (χ2n) is 4.66. The van der Waals surface area contributed by atoms with Gasteiger partial charge in [-0.05, 0) is 45.3 Å². The highest BCUT2D eigenvalue weighted by Crippen LogP contribution is 2.16. The molecule has 0 spiro atoms. The molecule has 17 heavy (non-hydrogen) atoms. The maximum Gasteiger partial charge on any atom is 0.0587 e. The van der Waals surface area contributed by atoms with E-state index in [1.807, 2.05) is 6.92 Å². The van der Waals surface area contributed by atoms with Gasteiger partial charge in [-0.1, -0.05) is 0 Å². The molecule has 0 saturated carbocycles. The first-order valence-electron chi connectivity index (χ1n) is 6.68. The number of likely N-dealkylation sites (tertiary alicyclic amines) is 1. The van der Waals surface area contributed by atoms with Gasteiger partial charge in [0.2, 0.25) is 0 Å². The van der Waals surface area contributed by atoms with Crippen LogP contribution < -0.4 is 5.32 Å². The number of hydrogen-bond acceptors (Lipinski definition) is 3. The molecule has 0 aromatic carbocycles. The van der Waals surface area contributed by atoms with Gasteiger partial charge >= 0.3 is 0 Å². The van der Waals surface area contributed by atoms with Crippen LogP contribution >= 0.6 is 0 Å². The first kappa shape index (κ1) is 14.5. The molecule has 0 atom stereocenters. The summed E-state index contributed by atoms with van der Waals surface area (Å²) >= 11 is 0. The number of nitrogens with one attached hydrogen (secondary N) is 1. The number of ether oxygens (including phenoxy) is 1. The highest BCUT2D eigenvalue weighted by molar-refractivity contribution is 4.95. The lowest BCUT2D eigenvalue weighted by Gasteiger charge is -2.31. The molecule has 98 valence electrons. The van der Waals surface area contributed by atoms with Crippen LogP contribution in [0.25, 0.3) is 0 Å². The first-order valence-corrected chi connectivity index (χ1v) is 6.68. The molecule has 1 aliphatic heterocycles. The van der Waals surface area contributed by atoms with Crippen LogP contribution in [0.15, 0.2) is 0 Å². The monoisotopic (exact) mass is 238 g/mol. The van der Waals surface area contributed by atoms with Crippen LogP contribution in [0.3, 0.4) is 0 Å². The molecular formula is C14H26N2O. The second-order valence-corrected chi connectivity index (χ2v) is 4.66. The molecule has 0 radical (unpaired) electrons. The molecule has 1 heterocycles. The molecular weight excluding hydrogens is 212 g/mol. The van der Waals surface area contributed by atoms with Gasteiger partial charge in [0.05, 0.1) is 6.61 Å². The van der Waals surface area contributed by atoms with E-state index in [1.165, 1.54) is 25.9 Å². The molecule has 0 unspecified atom stereocenters. The summed E-state index contributed by atoms with van der Waals surface area (Å²) in [5, 5.41) is 3.46. The van der Waals surface area contributed by atoms with Gasteiger partial charge in [0.25, 0.3) is 0 Å². The summed E-state index contributed by atoms with van der Waals surface area (Å²) in [7, 11) is 1.75. The molecule has 0 amide bonds. The van der Waals surface area contributed by atoms with Gasteiger partial charge in [-0.25, -0.2) is 0 Å². The van der Waals surface area contributed by atoms with Crippen LogP contribution in [0.2, 0.25) is 0 Å². The van der Waals surface area contributed by atoms with Gasteiger partial charge in [0.15, 0.2) is 0 Å². The van der Waals surface area contributed by atoms with Gasteiger partial charge < -0.3 is 15.0 Å².